The standard InChI is InChI=1S/C31H28O6/c1-33-28-17-25(13-15-26(28)34-19-22-8-4-2-5-9-22)31(30-21-36-30)37-29-16-24(18-32)12-14-27(29)35-20-23-10-6-3-7-11-23/h2-18,30-31H,19-21H2,1H3/t30-,31+/m1/s1. The smallest absolute Gasteiger partial charge is 0.163 e. The Morgan fingerprint density at radius 1 is 0.784 bits per heavy atom. The number of epoxide rings is 1. The highest BCUT2D eigenvalue weighted by molar-refractivity contribution is 5.76. The fourth-order valence-electron chi connectivity index (χ4n) is 3.99. The molecule has 0 saturated carbocycles. The Labute approximate surface area is 216 Å². The SMILES string of the molecule is COc1cc([C@H](Oc2cc(C=O)ccc2OCc2ccccc2)[C@H]2CO2)ccc1OCc1ccccc1. The van der Waals surface area contributed by atoms with E-state index in [4.69, 9.17) is 23.7 Å². The number of aldehydes is 1. The van der Waals surface area contributed by atoms with Gasteiger partial charge in [0.1, 0.15) is 25.6 Å². The average Bonchev–Trinajstić information content (AvgIpc) is 3.80. The van der Waals surface area contributed by atoms with E-state index >= 15 is 0 Å². The molecule has 0 amide bonds. The lowest BCUT2D eigenvalue weighted by Crippen LogP contribution is -2.15. The molecule has 0 aromatic heterocycles. The van der Waals surface area contributed by atoms with Crippen molar-refractivity contribution >= 4 is 6.29 Å². The van der Waals surface area contributed by atoms with E-state index in [1.807, 2.05) is 78.9 Å². The first-order valence-electron chi connectivity index (χ1n) is 12.1. The van der Waals surface area contributed by atoms with Crippen LogP contribution in [0.5, 0.6) is 23.0 Å². The summed E-state index contributed by atoms with van der Waals surface area (Å²) in [7, 11) is 1.61. The first-order chi connectivity index (χ1) is 18.2. The topological polar surface area (TPSA) is 66.5 Å². The molecule has 1 heterocycles. The van der Waals surface area contributed by atoms with Gasteiger partial charge in [-0.15, -0.1) is 0 Å². The zero-order valence-electron chi connectivity index (χ0n) is 20.5. The molecule has 1 saturated heterocycles. The summed E-state index contributed by atoms with van der Waals surface area (Å²) in [6.07, 6.45) is 0.249. The first-order valence-corrected chi connectivity index (χ1v) is 12.1. The van der Waals surface area contributed by atoms with Gasteiger partial charge in [0, 0.05) is 5.56 Å². The summed E-state index contributed by atoms with van der Waals surface area (Å²) >= 11 is 0. The zero-order chi connectivity index (χ0) is 25.5. The van der Waals surface area contributed by atoms with E-state index in [0.29, 0.717) is 48.4 Å². The van der Waals surface area contributed by atoms with Gasteiger partial charge in [-0.1, -0.05) is 66.7 Å². The van der Waals surface area contributed by atoms with Crippen molar-refractivity contribution in [2.24, 2.45) is 0 Å². The van der Waals surface area contributed by atoms with Gasteiger partial charge < -0.3 is 23.7 Å². The summed E-state index contributed by atoms with van der Waals surface area (Å²) in [6.45, 7) is 1.39. The van der Waals surface area contributed by atoms with Crippen molar-refractivity contribution in [2.75, 3.05) is 13.7 Å². The number of hydrogen-bond donors (Lipinski definition) is 0. The molecular formula is C31H28O6. The molecule has 0 aliphatic carbocycles. The molecule has 0 spiro atoms. The second kappa shape index (κ2) is 11.6. The lowest BCUT2D eigenvalue weighted by Gasteiger charge is -2.21. The van der Waals surface area contributed by atoms with Crippen molar-refractivity contribution in [2.45, 2.75) is 25.4 Å². The third-order valence-electron chi connectivity index (χ3n) is 6.05. The predicted molar refractivity (Wildman–Crippen MR) is 139 cm³/mol. The van der Waals surface area contributed by atoms with Crippen LogP contribution in [0.15, 0.2) is 97.1 Å². The molecule has 5 rings (SSSR count). The molecule has 188 valence electrons. The van der Waals surface area contributed by atoms with Gasteiger partial charge in [-0.3, -0.25) is 4.79 Å². The van der Waals surface area contributed by atoms with E-state index < -0.39 is 6.10 Å². The van der Waals surface area contributed by atoms with Crippen molar-refractivity contribution in [3.8, 4) is 23.0 Å². The van der Waals surface area contributed by atoms with Crippen molar-refractivity contribution in [3.63, 3.8) is 0 Å². The van der Waals surface area contributed by atoms with Crippen molar-refractivity contribution < 1.29 is 28.5 Å². The molecule has 4 aromatic rings. The molecule has 4 aromatic carbocycles. The minimum absolute atomic E-state index is 0.123. The Morgan fingerprint density at radius 3 is 1.95 bits per heavy atom. The maximum absolute atomic E-state index is 11.5. The third-order valence-corrected chi connectivity index (χ3v) is 6.05. The van der Waals surface area contributed by atoms with Gasteiger partial charge in [0.05, 0.1) is 13.7 Å². The fraction of sp³-hybridized carbons (Fsp3) is 0.194. The Bertz CT molecular complexity index is 1320. The van der Waals surface area contributed by atoms with Gasteiger partial charge in [-0.2, -0.15) is 0 Å². The lowest BCUT2D eigenvalue weighted by molar-refractivity contribution is 0.112. The Kier molecular flexibility index (Phi) is 7.67. The maximum Gasteiger partial charge on any atom is 0.163 e. The van der Waals surface area contributed by atoms with Crippen LogP contribution in [-0.4, -0.2) is 26.1 Å². The van der Waals surface area contributed by atoms with Crippen molar-refractivity contribution in [1.82, 2.24) is 0 Å². The fourth-order valence-corrected chi connectivity index (χ4v) is 3.99. The molecule has 37 heavy (non-hydrogen) atoms. The quantitative estimate of drug-likeness (QED) is 0.172. The summed E-state index contributed by atoms with van der Waals surface area (Å²) in [4.78, 5) is 11.5. The van der Waals surface area contributed by atoms with Crippen LogP contribution < -0.4 is 18.9 Å². The Balaban J connectivity index is 1.37. The first kappa shape index (κ1) is 24.4. The van der Waals surface area contributed by atoms with E-state index in [1.54, 1.807) is 25.3 Å². The predicted octanol–water partition coefficient (Wildman–Crippen LogP) is 6.18. The minimum Gasteiger partial charge on any atom is -0.493 e. The zero-order valence-corrected chi connectivity index (χ0v) is 20.5. The van der Waals surface area contributed by atoms with Gasteiger partial charge in [-0.25, -0.2) is 0 Å². The van der Waals surface area contributed by atoms with E-state index in [0.717, 1.165) is 23.0 Å². The number of hydrogen-bond acceptors (Lipinski definition) is 6. The molecule has 6 nitrogen and oxygen atoms in total. The number of rotatable bonds is 12. The molecule has 0 N–H and O–H groups in total. The van der Waals surface area contributed by atoms with E-state index in [9.17, 15) is 4.79 Å². The largest absolute Gasteiger partial charge is 0.493 e. The molecule has 1 aliphatic heterocycles. The monoisotopic (exact) mass is 496 g/mol. The van der Waals surface area contributed by atoms with E-state index in [-0.39, 0.29) is 6.10 Å². The maximum atomic E-state index is 11.5. The molecule has 0 unspecified atom stereocenters. The number of ether oxygens (including phenoxy) is 5. The van der Waals surface area contributed by atoms with Crippen LogP contribution in [0.2, 0.25) is 0 Å². The third kappa shape index (κ3) is 6.29. The Morgan fingerprint density at radius 2 is 1.38 bits per heavy atom. The molecule has 0 bridgehead atoms. The summed E-state index contributed by atoms with van der Waals surface area (Å²) < 4.78 is 29.8. The van der Waals surface area contributed by atoms with Crippen LogP contribution in [0.25, 0.3) is 0 Å². The number of carbonyl (C=O) groups excluding carboxylic acids is 1. The van der Waals surface area contributed by atoms with Crippen LogP contribution in [0.3, 0.4) is 0 Å². The second-order valence-corrected chi connectivity index (χ2v) is 8.69. The van der Waals surface area contributed by atoms with Crippen LogP contribution in [0.1, 0.15) is 33.2 Å². The average molecular weight is 497 g/mol. The lowest BCUT2D eigenvalue weighted by atomic mass is 10.1. The number of methoxy groups -OCH3 is 1. The molecule has 2 atom stereocenters. The summed E-state index contributed by atoms with van der Waals surface area (Å²) in [5.74, 6) is 2.27. The van der Waals surface area contributed by atoms with Gasteiger partial charge in [0.2, 0.25) is 0 Å². The van der Waals surface area contributed by atoms with Crippen molar-refractivity contribution in [3.05, 3.63) is 119 Å². The van der Waals surface area contributed by atoms with E-state index in [2.05, 4.69) is 0 Å². The molecule has 1 aliphatic rings. The Hall–Kier alpha value is -4.29. The van der Waals surface area contributed by atoms with E-state index in [1.165, 1.54) is 0 Å². The van der Waals surface area contributed by atoms with Crippen LogP contribution in [0.4, 0.5) is 0 Å². The molecule has 6 heteroatoms. The van der Waals surface area contributed by atoms with Crippen molar-refractivity contribution in [1.29, 1.82) is 0 Å². The summed E-state index contributed by atoms with van der Waals surface area (Å²) in [5, 5.41) is 0. The molecule has 1 fully saturated rings. The minimum atomic E-state index is -0.418. The highest BCUT2D eigenvalue weighted by Gasteiger charge is 2.37. The summed E-state index contributed by atoms with van der Waals surface area (Å²) in [5.41, 5.74) is 3.47. The van der Waals surface area contributed by atoms with Crippen LogP contribution in [-0.2, 0) is 18.0 Å². The van der Waals surface area contributed by atoms with Crippen LogP contribution >= 0.6 is 0 Å². The van der Waals surface area contributed by atoms with Gasteiger partial charge in [0.25, 0.3) is 0 Å². The van der Waals surface area contributed by atoms with Gasteiger partial charge in [0.15, 0.2) is 29.1 Å². The molecule has 0 radical (unpaired) electrons. The highest BCUT2D eigenvalue weighted by Crippen LogP contribution is 2.40. The highest BCUT2D eigenvalue weighted by atomic mass is 16.6. The van der Waals surface area contributed by atoms with Gasteiger partial charge in [-0.05, 0) is 47.0 Å². The normalized spacial score (nSPS) is 14.9. The second-order valence-electron chi connectivity index (χ2n) is 8.69. The van der Waals surface area contributed by atoms with Crippen LogP contribution in [0, 0.1) is 0 Å². The number of benzene rings is 4. The molecular weight excluding hydrogens is 468 g/mol. The summed E-state index contributed by atoms with van der Waals surface area (Å²) in [6, 6.07) is 30.7. The number of carbonyl (C=O) groups is 1. The van der Waals surface area contributed by atoms with Gasteiger partial charge >= 0.3 is 0 Å².